The summed E-state index contributed by atoms with van der Waals surface area (Å²) in [7, 11) is 0. The minimum atomic E-state index is 0.516. The average molecular weight is 313 g/mol. The predicted octanol–water partition coefficient (Wildman–Crippen LogP) is 4.75. The smallest absolute Gasteiger partial charge is 0.134 e. The van der Waals surface area contributed by atoms with E-state index in [0.29, 0.717) is 16.1 Å². The van der Waals surface area contributed by atoms with E-state index in [-0.39, 0.29) is 0 Å². The van der Waals surface area contributed by atoms with Crippen LogP contribution in [0.15, 0.2) is 60.0 Å². The molecule has 4 heteroatoms. The molecule has 0 amide bonds. The fourth-order valence-corrected chi connectivity index (χ4v) is 2.90. The van der Waals surface area contributed by atoms with Gasteiger partial charge in [0.2, 0.25) is 0 Å². The van der Waals surface area contributed by atoms with Crippen molar-refractivity contribution in [3.8, 4) is 23.4 Å². The minimum absolute atomic E-state index is 0.516. The van der Waals surface area contributed by atoms with Gasteiger partial charge < -0.3 is 0 Å². The van der Waals surface area contributed by atoms with E-state index in [2.05, 4.69) is 17.1 Å². The summed E-state index contributed by atoms with van der Waals surface area (Å²) in [5.74, 6) is 0. The van der Waals surface area contributed by atoms with Gasteiger partial charge >= 0.3 is 0 Å². The Balaban J connectivity index is 1.92. The summed E-state index contributed by atoms with van der Waals surface area (Å²) in [4.78, 5) is 4.56. The Kier molecular flexibility index (Phi) is 4.29. The van der Waals surface area contributed by atoms with E-state index >= 15 is 0 Å². The van der Waals surface area contributed by atoms with Gasteiger partial charge in [-0.25, -0.2) is 4.98 Å². The lowest BCUT2D eigenvalue weighted by molar-refractivity contribution is 1.37. The molecule has 108 valence electrons. The van der Waals surface area contributed by atoms with Crippen molar-refractivity contribution in [1.29, 1.82) is 10.5 Å². The number of allylic oxidation sites excluding steroid dienone is 1. The lowest BCUT2D eigenvalue weighted by Gasteiger charge is -1.97. The monoisotopic (exact) mass is 313 g/mol. The Morgan fingerprint density at radius 2 is 1.74 bits per heavy atom. The first-order valence-corrected chi connectivity index (χ1v) is 7.81. The number of hydrogen-bond donors (Lipinski definition) is 0. The van der Waals surface area contributed by atoms with E-state index < -0.39 is 0 Å². The molecular formula is C19H11N3S. The van der Waals surface area contributed by atoms with Crippen LogP contribution >= 0.6 is 11.3 Å². The Labute approximate surface area is 138 Å². The molecule has 2 aromatic carbocycles. The standard InChI is InChI=1S/C19H11N3S/c20-11-15-8-6-14(7-9-15)10-17(12-21)19-22-18(13-23-19)16-4-2-1-3-5-16/h1-10,13H/b17-10+. The Bertz CT molecular complexity index is 923. The van der Waals surface area contributed by atoms with Crippen LogP contribution in [-0.4, -0.2) is 4.98 Å². The molecule has 0 saturated heterocycles. The van der Waals surface area contributed by atoms with E-state index in [1.165, 1.54) is 11.3 Å². The van der Waals surface area contributed by atoms with E-state index in [4.69, 9.17) is 5.26 Å². The minimum Gasteiger partial charge on any atom is -0.235 e. The average Bonchev–Trinajstić information content (AvgIpc) is 3.11. The van der Waals surface area contributed by atoms with Gasteiger partial charge in [-0.15, -0.1) is 11.3 Å². The molecule has 0 bridgehead atoms. The normalized spacial score (nSPS) is 10.8. The topological polar surface area (TPSA) is 60.5 Å². The van der Waals surface area contributed by atoms with Gasteiger partial charge in [0.25, 0.3) is 0 Å². The van der Waals surface area contributed by atoms with Gasteiger partial charge in [-0.1, -0.05) is 42.5 Å². The van der Waals surface area contributed by atoms with Crippen molar-refractivity contribution in [1.82, 2.24) is 4.98 Å². The number of nitriles is 2. The predicted molar refractivity (Wildman–Crippen MR) is 92.2 cm³/mol. The van der Waals surface area contributed by atoms with E-state index in [1.54, 1.807) is 18.2 Å². The highest BCUT2D eigenvalue weighted by molar-refractivity contribution is 7.11. The summed E-state index contributed by atoms with van der Waals surface area (Å²) in [6, 6.07) is 21.3. The largest absolute Gasteiger partial charge is 0.235 e. The van der Waals surface area contributed by atoms with Crippen molar-refractivity contribution in [3.63, 3.8) is 0 Å². The van der Waals surface area contributed by atoms with Crippen LogP contribution in [0, 0.1) is 22.7 Å². The molecule has 0 saturated carbocycles. The van der Waals surface area contributed by atoms with Crippen LogP contribution in [0.2, 0.25) is 0 Å². The lowest BCUT2D eigenvalue weighted by atomic mass is 10.1. The third kappa shape index (κ3) is 3.35. The molecule has 3 rings (SSSR count). The molecule has 23 heavy (non-hydrogen) atoms. The first-order chi connectivity index (χ1) is 11.3. The molecule has 0 fully saturated rings. The highest BCUT2D eigenvalue weighted by atomic mass is 32.1. The van der Waals surface area contributed by atoms with Crippen LogP contribution in [0.1, 0.15) is 16.1 Å². The number of rotatable bonds is 3. The molecule has 0 radical (unpaired) electrons. The first kappa shape index (κ1) is 14.7. The Hall–Kier alpha value is -3.21. The van der Waals surface area contributed by atoms with Gasteiger partial charge in [0.05, 0.1) is 22.9 Å². The van der Waals surface area contributed by atoms with Crippen molar-refractivity contribution in [2.45, 2.75) is 0 Å². The second-order valence-electron chi connectivity index (χ2n) is 4.81. The van der Waals surface area contributed by atoms with Gasteiger partial charge in [0.15, 0.2) is 0 Å². The number of nitrogens with zero attached hydrogens (tertiary/aromatic N) is 3. The number of thiazole rings is 1. The molecule has 0 atom stereocenters. The molecule has 0 aliphatic carbocycles. The quantitative estimate of drug-likeness (QED) is 0.656. The van der Waals surface area contributed by atoms with Crippen LogP contribution in [0.4, 0.5) is 0 Å². The molecule has 3 nitrogen and oxygen atoms in total. The summed E-state index contributed by atoms with van der Waals surface area (Å²) in [6.07, 6.45) is 1.79. The molecule has 0 spiro atoms. The van der Waals surface area contributed by atoms with Gasteiger partial charge in [0, 0.05) is 10.9 Å². The number of aromatic nitrogens is 1. The van der Waals surface area contributed by atoms with Crippen molar-refractivity contribution < 1.29 is 0 Å². The molecule has 0 unspecified atom stereocenters. The summed E-state index contributed by atoms with van der Waals surface area (Å²) >= 11 is 1.45. The summed E-state index contributed by atoms with van der Waals surface area (Å²) in [5.41, 5.74) is 3.89. The molecule has 0 aliphatic rings. The van der Waals surface area contributed by atoms with Crippen molar-refractivity contribution in [2.24, 2.45) is 0 Å². The number of hydrogen-bond acceptors (Lipinski definition) is 4. The molecule has 1 heterocycles. The summed E-state index contributed by atoms with van der Waals surface area (Å²) in [5, 5.41) is 20.9. The number of benzene rings is 2. The van der Waals surface area contributed by atoms with Gasteiger partial charge in [-0.2, -0.15) is 10.5 Å². The van der Waals surface area contributed by atoms with Crippen LogP contribution in [0.5, 0.6) is 0 Å². The SMILES string of the molecule is N#C/C(=C\c1ccc(C#N)cc1)c1nc(-c2ccccc2)cs1. The Morgan fingerprint density at radius 1 is 1.00 bits per heavy atom. The van der Waals surface area contributed by atoms with Crippen LogP contribution < -0.4 is 0 Å². The van der Waals surface area contributed by atoms with E-state index in [0.717, 1.165) is 16.8 Å². The zero-order chi connectivity index (χ0) is 16.1. The van der Waals surface area contributed by atoms with Gasteiger partial charge in [0.1, 0.15) is 11.1 Å². The summed E-state index contributed by atoms with van der Waals surface area (Å²) < 4.78 is 0. The zero-order valence-corrected chi connectivity index (χ0v) is 12.9. The highest BCUT2D eigenvalue weighted by Crippen LogP contribution is 2.27. The van der Waals surface area contributed by atoms with Crippen molar-refractivity contribution in [3.05, 3.63) is 76.1 Å². The molecule has 0 aliphatic heterocycles. The van der Waals surface area contributed by atoms with Crippen LogP contribution in [-0.2, 0) is 0 Å². The molecule has 1 aromatic heterocycles. The van der Waals surface area contributed by atoms with Crippen LogP contribution in [0.3, 0.4) is 0 Å². The Morgan fingerprint density at radius 3 is 2.39 bits per heavy atom. The molecular weight excluding hydrogens is 302 g/mol. The van der Waals surface area contributed by atoms with Crippen molar-refractivity contribution >= 4 is 23.0 Å². The second kappa shape index (κ2) is 6.70. The van der Waals surface area contributed by atoms with Crippen molar-refractivity contribution in [2.75, 3.05) is 0 Å². The second-order valence-corrected chi connectivity index (χ2v) is 5.67. The fraction of sp³-hybridized carbons (Fsp3) is 0. The highest BCUT2D eigenvalue weighted by Gasteiger charge is 2.08. The third-order valence-electron chi connectivity index (χ3n) is 3.28. The maximum atomic E-state index is 9.42. The maximum absolute atomic E-state index is 9.42. The molecule has 0 N–H and O–H groups in total. The third-order valence-corrected chi connectivity index (χ3v) is 4.15. The van der Waals surface area contributed by atoms with E-state index in [9.17, 15) is 5.26 Å². The van der Waals surface area contributed by atoms with Crippen LogP contribution in [0.25, 0.3) is 22.9 Å². The zero-order valence-electron chi connectivity index (χ0n) is 12.1. The molecule has 3 aromatic rings. The summed E-state index contributed by atoms with van der Waals surface area (Å²) in [6.45, 7) is 0. The maximum Gasteiger partial charge on any atom is 0.134 e. The van der Waals surface area contributed by atoms with Gasteiger partial charge in [-0.3, -0.25) is 0 Å². The lowest BCUT2D eigenvalue weighted by Crippen LogP contribution is -1.83. The first-order valence-electron chi connectivity index (χ1n) is 6.93. The van der Waals surface area contributed by atoms with E-state index in [1.807, 2.05) is 47.8 Å². The van der Waals surface area contributed by atoms with Gasteiger partial charge in [-0.05, 0) is 23.8 Å². The fourth-order valence-electron chi connectivity index (χ4n) is 2.10.